The number of carbonyl (C=O) groups is 3. The van der Waals surface area contributed by atoms with Gasteiger partial charge in [-0.3, -0.25) is 4.79 Å². The van der Waals surface area contributed by atoms with Crippen LogP contribution >= 0.6 is 0 Å². The van der Waals surface area contributed by atoms with Crippen molar-refractivity contribution in [3.8, 4) is 11.1 Å². The molecular formula is C26H30N2O6. The summed E-state index contributed by atoms with van der Waals surface area (Å²) in [6, 6.07) is 15.4. The number of carboxylic acids is 1. The van der Waals surface area contributed by atoms with Crippen molar-refractivity contribution in [1.29, 1.82) is 0 Å². The number of alkyl carbamates (subject to hydrolysis) is 1. The molecular weight excluding hydrogens is 436 g/mol. The van der Waals surface area contributed by atoms with E-state index in [9.17, 15) is 19.5 Å². The molecule has 2 aliphatic rings. The third-order valence-corrected chi connectivity index (χ3v) is 6.65. The topological polar surface area (TPSA) is 105 Å². The minimum atomic E-state index is -1.00. The van der Waals surface area contributed by atoms with E-state index in [1.807, 2.05) is 24.3 Å². The van der Waals surface area contributed by atoms with Gasteiger partial charge in [0.2, 0.25) is 0 Å². The fourth-order valence-corrected chi connectivity index (χ4v) is 4.93. The molecule has 8 heteroatoms. The number of aliphatic carboxylic acids is 1. The molecule has 2 N–H and O–H groups in total. The Balaban J connectivity index is 1.29. The average molecular weight is 467 g/mol. The smallest absolute Gasteiger partial charge is 0.407 e. The van der Waals surface area contributed by atoms with Gasteiger partial charge in [0, 0.05) is 32.5 Å². The van der Waals surface area contributed by atoms with E-state index in [-0.39, 0.29) is 31.4 Å². The number of piperidine rings is 1. The Morgan fingerprint density at radius 3 is 2.32 bits per heavy atom. The number of methoxy groups -OCH3 is 1. The first kappa shape index (κ1) is 23.8. The summed E-state index contributed by atoms with van der Waals surface area (Å²) in [5, 5.41) is 12.1. The van der Waals surface area contributed by atoms with Crippen LogP contribution in [-0.2, 0) is 19.1 Å². The lowest BCUT2D eigenvalue weighted by Gasteiger charge is -2.35. The van der Waals surface area contributed by atoms with Gasteiger partial charge in [-0.1, -0.05) is 48.5 Å². The maximum absolute atomic E-state index is 12.8. The number of rotatable bonds is 8. The van der Waals surface area contributed by atoms with Crippen LogP contribution in [0.2, 0.25) is 0 Å². The lowest BCUT2D eigenvalue weighted by molar-refractivity contribution is -0.157. The average Bonchev–Trinajstić information content (AvgIpc) is 3.18. The number of amides is 2. The second-order valence-corrected chi connectivity index (χ2v) is 8.65. The number of hydrogen-bond donors (Lipinski definition) is 2. The predicted octanol–water partition coefficient (Wildman–Crippen LogP) is 3.40. The molecule has 2 unspecified atom stereocenters. The van der Waals surface area contributed by atoms with Crippen LogP contribution < -0.4 is 5.32 Å². The SMILES string of the molecule is COC(CCNC(=O)OCC1c2ccccc2-c2ccccc21)C(=O)N1CCCCC1C(=O)O. The fraction of sp³-hybridized carbons (Fsp3) is 0.423. The highest BCUT2D eigenvalue weighted by atomic mass is 16.5. The van der Waals surface area contributed by atoms with E-state index < -0.39 is 24.2 Å². The summed E-state index contributed by atoms with van der Waals surface area (Å²) in [4.78, 5) is 38.1. The van der Waals surface area contributed by atoms with Gasteiger partial charge < -0.3 is 24.8 Å². The zero-order valence-electron chi connectivity index (χ0n) is 19.2. The van der Waals surface area contributed by atoms with Crippen LogP contribution in [0, 0.1) is 0 Å². The Kier molecular flexibility index (Phi) is 7.47. The van der Waals surface area contributed by atoms with Crippen LogP contribution in [0.4, 0.5) is 4.79 Å². The van der Waals surface area contributed by atoms with Crippen LogP contribution in [0.3, 0.4) is 0 Å². The molecule has 2 aromatic rings. The molecule has 1 fully saturated rings. The minimum absolute atomic E-state index is 0.0292. The molecule has 2 amide bonds. The Hall–Kier alpha value is -3.39. The van der Waals surface area contributed by atoms with Crippen molar-refractivity contribution in [2.24, 2.45) is 0 Å². The predicted molar refractivity (Wildman–Crippen MR) is 125 cm³/mol. The van der Waals surface area contributed by atoms with E-state index >= 15 is 0 Å². The highest BCUT2D eigenvalue weighted by Gasteiger charge is 2.35. The second-order valence-electron chi connectivity index (χ2n) is 8.65. The molecule has 0 saturated carbocycles. The van der Waals surface area contributed by atoms with Crippen LogP contribution in [0.5, 0.6) is 0 Å². The van der Waals surface area contributed by atoms with Gasteiger partial charge in [-0.15, -0.1) is 0 Å². The Bertz CT molecular complexity index is 1010. The van der Waals surface area contributed by atoms with E-state index in [2.05, 4.69) is 29.6 Å². The summed E-state index contributed by atoms with van der Waals surface area (Å²) in [6.45, 7) is 0.780. The highest BCUT2D eigenvalue weighted by molar-refractivity contribution is 5.86. The van der Waals surface area contributed by atoms with E-state index in [1.54, 1.807) is 0 Å². The monoisotopic (exact) mass is 466 g/mol. The number of nitrogens with zero attached hydrogens (tertiary/aromatic N) is 1. The molecule has 2 atom stereocenters. The van der Waals surface area contributed by atoms with Crippen LogP contribution in [0.15, 0.2) is 48.5 Å². The van der Waals surface area contributed by atoms with E-state index in [0.717, 1.165) is 35.1 Å². The van der Waals surface area contributed by atoms with Crippen LogP contribution in [0.25, 0.3) is 11.1 Å². The van der Waals surface area contributed by atoms with Crippen molar-refractivity contribution in [2.75, 3.05) is 26.8 Å². The number of carboxylic acid groups (broad SMARTS) is 1. The lowest BCUT2D eigenvalue weighted by atomic mass is 9.98. The van der Waals surface area contributed by atoms with Crippen LogP contribution in [0.1, 0.15) is 42.7 Å². The third kappa shape index (κ3) is 4.92. The Morgan fingerprint density at radius 1 is 1.06 bits per heavy atom. The normalized spacial score (nSPS) is 18.0. The van der Waals surface area contributed by atoms with Gasteiger partial charge in [-0.05, 0) is 41.5 Å². The zero-order chi connectivity index (χ0) is 24.1. The number of fused-ring (bicyclic) bond motifs is 3. The molecule has 8 nitrogen and oxygen atoms in total. The summed E-state index contributed by atoms with van der Waals surface area (Å²) >= 11 is 0. The number of hydrogen-bond acceptors (Lipinski definition) is 5. The van der Waals surface area contributed by atoms with E-state index in [0.29, 0.717) is 13.0 Å². The summed E-state index contributed by atoms with van der Waals surface area (Å²) in [6.07, 6.45) is 0.822. The van der Waals surface area contributed by atoms with Gasteiger partial charge in [0.1, 0.15) is 18.8 Å². The maximum Gasteiger partial charge on any atom is 0.407 e. The quantitative estimate of drug-likeness (QED) is 0.618. The van der Waals surface area contributed by atoms with Gasteiger partial charge in [0.25, 0.3) is 5.91 Å². The Labute approximate surface area is 198 Å². The molecule has 180 valence electrons. The molecule has 4 rings (SSSR count). The van der Waals surface area contributed by atoms with Crippen molar-refractivity contribution < 1.29 is 29.0 Å². The molecule has 0 aromatic heterocycles. The minimum Gasteiger partial charge on any atom is -0.480 e. The zero-order valence-corrected chi connectivity index (χ0v) is 19.2. The first-order valence-corrected chi connectivity index (χ1v) is 11.7. The molecule has 0 bridgehead atoms. The van der Waals surface area contributed by atoms with E-state index in [4.69, 9.17) is 9.47 Å². The van der Waals surface area contributed by atoms with Gasteiger partial charge in [-0.25, -0.2) is 9.59 Å². The van der Waals surface area contributed by atoms with Crippen LogP contribution in [-0.4, -0.2) is 66.9 Å². The molecule has 1 aliphatic heterocycles. The lowest BCUT2D eigenvalue weighted by Crippen LogP contribution is -2.52. The highest BCUT2D eigenvalue weighted by Crippen LogP contribution is 2.44. The number of ether oxygens (including phenoxy) is 2. The first-order valence-electron chi connectivity index (χ1n) is 11.7. The number of carbonyl (C=O) groups excluding carboxylic acids is 2. The first-order chi connectivity index (χ1) is 16.5. The van der Waals surface area contributed by atoms with Crippen molar-refractivity contribution in [1.82, 2.24) is 10.2 Å². The fourth-order valence-electron chi connectivity index (χ4n) is 4.93. The van der Waals surface area contributed by atoms with Gasteiger partial charge >= 0.3 is 12.1 Å². The van der Waals surface area contributed by atoms with E-state index in [1.165, 1.54) is 12.0 Å². The largest absolute Gasteiger partial charge is 0.480 e. The molecule has 0 spiro atoms. The second kappa shape index (κ2) is 10.7. The molecule has 1 heterocycles. The summed E-state index contributed by atoms with van der Waals surface area (Å²) in [7, 11) is 1.41. The number of benzene rings is 2. The molecule has 1 aliphatic carbocycles. The van der Waals surface area contributed by atoms with Gasteiger partial charge in [0.15, 0.2) is 0 Å². The summed E-state index contributed by atoms with van der Waals surface area (Å²) in [5.41, 5.74) is 4.59. The molecule has 1 saturated heterocycles. The maximum atomic E-state index is 12.8. The number of nitrogens with one attached hydrogen (secondary N) is 1. The summed E-state index contributed by atoms with van der Waals surface area (Å²) < 4.78 is 10.8. The molecule has 34 heavy (non-hydrogen) atoms. The van der Waals surface area contributed by atoms with Crippen molar-refractivity contribution in [3.63, 3.8) is 0 Å². The van der Waals surface area contributed by atoms with Crippen molar-refractivity contribution in [2.45, 2.75) is 43.7 Å². The Morgan fingerprint density at radius 2 is 1.71 bits per heavy atom. The third-order valence-electron chi connectivity index (χ3n) is 6.65. The molecule has 2 aromatic carbocycles. The standard InChI is InChI=1S/C26H30N2O6/c1-33-23(24(29)28-15-7-6-12-22(28)25(30)31)13-14-27-26(32)34-16-21-19-10-4-2-8-17(19)18-9-3-5-11-20(18)21/h2-5,8-11,21-23H,6-7,12-16H2,1H3,(H,27,32)(H,30,31). The molecule has 0 radical (unpaired) electrons. The van der Waals surface area contributed by atoms with Crippen molar-refractivity contribution in [3.05, 3.63) is 59.7 Å². The number of likely N-dealkylation sites (tertiary alicyclic amines) is 1. The van der Waals surface area contributed by atoms with Crippen molar-refractivity contribution >= 4 is 18.0 Å². The summed E-state index contributed by atoms with van der Waals surface area (Å²) in [5.74, 6) is -1.39. The van der Waals surface area contributed by atoms with Gasteiger partial charge in [0.05, 0.1) is 0 Å². The van der Waals surface area contributed by atoms with Gasteiger partial charge in [-0.2, -0.15) is 0 Å².